The summed E-state index contributed by atoms with van der Waals surface area (Å²) < 4.78 is 6.71. The highest BCUT2D eigenvalue weighted by Crippen LogP contribution is 2.33. The van der Waals surface area contributed by atoms with E-state index in [9.17, 15) is 9.59 Å². The molecule has 0 aliphatic heterocycles. The highest BCUT2D eigenvalue weighted by molar-refractivity contribution is 6.05. The van der Waals surface area contributed by atoms with Gasteiger partial charge in [-0.2, -0.15) is 5.10 Å². The van der Waals surface area contributed by atoms with Crippen LogP contribution in [0.25, 0.3) is 16.6 Å². The highest BCUT2D eigenvalue weighted by Gasteiger charge is 2.22. The van der Waals surface area contributed by atoms with Crippen LogP contribution in [-0.2, 0) is 4.74 Å². The molecule has 0 aliphatic carbocycles. The number of rotatable bonds is 6. The fourth-order valence-electron chi connectivity index (χ4n) is 3.66. The summed E-state index contributed by atoms with van der Waals surface area (Å²) in [6.07, 6.45) is 2.90. The molecule has 0 saturated heterocycles. The Bertz CT molecular complexity index is 1330. The minimum Gasteiger partial charge on any atom is -0.462 e. The number of aromatic nitrogens is 3. The number of anilines is 3. The van der Waals surface area contributed by atoms with Gasteiger partial charge in [0.1, 0.15) is 11.8 Å². The van der Waals surface area contributed by atoms with Gasteiger partial charge in [0.15, 0.2) is 5.82 Å². The van der Waals surface area contributed by atoms with Gasteiger partial charge in [-0.1, -0.05) is 38.1 Å². The minimum absolute atomic E-state index is 0.240. The zero-order valence-corrected chi connectivity index (χ0v) is 19.2. The van der Waals surface area contributed by atoms with Gasteiger partial charge in [0.2, 0.25) is 0 Å². The predicted molar refractivity (Wildman–Crippen MR) is 132 cm³/mol. The van der Waals surface area contributed by atoms with Crippen LogP contribution in [0.1, 0.15) is 42.6 Å². The van der Waals surface area contributed by atoms with E-state index in [2.05, 4.69) is 34.6 Å². The number of nitrogens with two attached hydrogens (primary N) is 1. The van der Waals surface area contributed by atoms with Crippen molar-refractivity contribution in [2.45, 2.75) is 26.7 Å². The first-order valence-corrected chi connectivity index (χ1v) is 10.9. The lowest BCUT2D eigenvalue weighted by Gasteiger charge is -2.11. The summed E-state index contributed by atoms with van der Waals surface area (Å²) in [6, 6.07) is 14.4. The molecule has 0 atom stereocenters. The third kappa shape index (κ3) is 4.68. The Kier molecular flexibility index (Phi) is 6.44. The lowest BCUT2D eigenvalue weighted by molar-refractivity contribution is 0.0527. The van der Waals surface area contributed by atoms with Crippen molar-refractivity contribution in [2.75, 3.05) is 23.0 Å². The molecule has 174 valence electrons. The van der Waals surface area contributed by atoms with Gasteiger partial charge in [0.05, 0.1) is 12.2 Å². The van der Waals surface area contributed by atoms with E-state index >= 15 is 0 Å². The molecule has 0 fully saturated rings. The van der Waals surface area contributed by atoms with Crippen molar-refractivity contribution in [1.82, 2.24) is 14.6 Å². The number of nitrogens with zero attached hydrogens (tertiary/aromatic N) is 3. The Labute approximate surface area is 197 Å². The molecule has 9 heteroatoms. The summed E-state index contributed by atoms with van der Waals surface area (Å²) in [4.78, 5) is 29.1. The zero-order chi connectivity index (χ0) is 24.2. The van der Waals surface area contributed by atoms with E-state index in [1.165, 1.54) is 16.4 Å². The molecule has 0 unspecified atom stereocenters. The van der Waals surface area contributed by atoms with E-state index < -0.39 is 5.97 Å². The number of ether oxygens (including phenoxy) is 1. The summed E-state index contributed by atoms with van der Waals surface area (Å²) in [5.74, 6) is 0.184. The summed E-state index contributed by atoms with van der Waals surface area (Å²) >= 11 is 0. The van der Waals surface area contributed by atoms with Gasteiger partial charge in [-0.3, -0.25) is 0 Å². The van der Waals surface area contributed by atoms with Crippen LogP contribution in [0.15, 0.2) is 61.1 Å². The van der Waals surface area contributed by atoms with Crippen molar-refractivity contribution in [2.24, 2.45) is 0 Å². The molecule has 4 aromatic rings. The zero-order valence-electron chi connectivity index (χ0n) is 19.2. The van der Waals surface area contributed by atoms with Gasteiger partial charge in [-0.15, -0.1) is 0 Å². The van der Waals surface area contributed by atoms with Crippen molar-refractivity contribution < 1.29 is 14.3 Å². The second-order valence-corrected chi connectivity index (χ2v) is 8.01. The normalized spacial score (nSPS) is 10.9. The van der Waals surface area contributed by atoms with E-state index in [1.54, 1.807) is 37.4 Å². The molecule has 0 bridgehead atoms. The lowest BCUT2D eigenvalue weighted by Crippen LogP contribution is -2.19. The van der Waals surface area contributed by atoms with Crippen molar-refractivity contribution in [3.8, 4) is 11.1 Å². The van der Waals surface area contributed by atoms with Crippen LogP contribution in [0.4, 0.5) is 22.0 Å². The molecule has 0 radical (unpaired) electrons. The highest BCUT2D eigenvalue weighted by atomic mass is 16.5. The van der Waals surface area contributed by atoms with Gasteiger partial charge in [-0.05, 0) is 48.2 Å². The molecule has 4 N–H and O–H groups in total. The molecule has 2 amide bonds. The molecule has 34 heavy (non-hydrogen) atoms. The largest absolute Gasteiger partial charge is 0.462 e. The number of esters is 1. The summed E-state index contributed by atoms with van der Waals surface area (Å²) in [7, 11) is 0. The second-order valence-electron chi connectivity index (χ2n) is 8.01. The number of benzene rings is 2. The molecule has 0 spiro atoms. The Morgan fingerprint density at radius 3 is 2.24 bits per heavy atom. The maximum atomic E-state index is 12.6. The number of nitrogen functional groups attached to an aromatic ring is 1. The first kappa shape index (κ1) is 22.8. The fraction of sp³-hybridized carbons (Fsp3) is 0.200. The number of urea groups is 1. The van der Waals surface area contributed by atoms with Gasteiger partial charge < -0.3 is 21.1 Å². The number of fused-ring (bicyclic) bond motifs is 1. The average molecular weight is 459 g/mol. The minimum atomic E-state index is -0.479. The Morgan fingerprint density at radius 1 is 1.03 bits per heavy atom. The third-order valence-corrected chi connectivity index (χ3v) is 5.36. The molecule has 2 heterocycles. The van der Waals surface area contributed by atoms with Crippen molar-refractivity contribution in [3.63, 3.8) is 0 Å². The fourth-order valence-corrected chi connectivity index (χ4v) is 3.66. The predicted octanol–water partition coefficient (Wildman–Crippen LogP) is 4.92. The quantitative estimate of drug-likeness (QED) is 0.352. The summed E-state index contributed by atoms with van der Waals surface area (Å²) in [5, 5.41) is 9.79. The first-order chi connectivity index (χ1) is 16.4. The number of hydrogen-bond donors (Lipinski definition) is 3. The number of carbonyl (C=O) groups is 2. The van der Waals surface area contributed by atoms with Crippen molar-refractivity contribution in [1.29, 1.82) is 0 Å². The molecule has 2 aromatic carbocycles. The SMILES string of the molecule is CCOC(=O)c1cn2ncnc(N)c2c1-c1ccc(NC(=O)Nc2ccc(C(C)C)cc2)cc1. The monoisotopic (exact) mass is 458 g/mol. The lowest BCUT2D eigenvalue weighted by atomic mass is 10.0. The number of hydrogen-bond acceptors (Lipinski definition) is 6. The smallest absolute Gasteiger partial charge is 0.340 e. The van der Waals surface area contributed by atoms with Crippen LogP contribution in [0, 0.1) is 0 Å². The van der Waals surface area contributed by atoms with E-state index in [1.807, 2.05) is 24.3 Å². The van der Waals surface area contributed by atoms with Gasteiger partial charge in [0.25, 0.3) is 0 Å². The molecule has 4 rings (SSSR count). The maximum absolute atomic E-state index is 12.6. The Balaban J connectivity index is 1.56. The van der Waals surface area contributed by atoms with E-state index in [0.29, 0.717) is 39.5 Å². The molecular weight excluding hydrogens is 432 g/mol. The van der Waals surface area contributed by atoms with Crippen LogP contribution < -0.4 is 16.4 Å². The molecular formula is C25H26N6O3. The average Bonchev–Trinajstić information content (AvgIpc) is 3.21. The first-order valence-electron chi connectivity index (χ1n) is 10.9. The van der Waals surface area contributed by atoms with Gasteiger partial charge in [0, 0.05) is 23.1 Å². The number of amides is 2. The second kappa shape index (κ2) is 9.62. The van der Waals surface area contributed by atoms with Crippen molar-refractivity contribution in [3.05, 3.63) is 72.2 Å². The van der Waals surface area contributed by atoms with Gasteiger partial charge >= 0.3 is 12.0 Å². The molecule has 2 aromatic heterocycles. The van der Waals surface area contributed by atoms with Gasteiger partial charge in [-0.25, -0.2) is 19.1 Å². The van der Waals surface area contributed by atoms with Crippen LogP contribution in [0.3, 0.4) is 0 Å². The van der Waals surface area contributed by atoms with Crippen LogP contribution in [0.5, 0.6) is 0 Å². The van der Waals surface area contributed by atoms with E-state index in [4.69, 9.17) is 10.5 Å². The van der Waals surface area contributed by atoms with E-state index in [-0.39, 0.29) is 18.5 Å². The van der Waals surface area contributed by atoms with Crippen LogP contribution in [0.2, 0.25) is 0 Å². The van der Waals surface area contributed by atoms with Crippen LogP contribution in [-0.4, -0.2) is 33.2 Å². The molecule has 0 aliphatic rings. The number of carbonyl (C=O) groups excluding carboxylic acids is 2. The maximum Gasteiger partial charge on any atom is 0.340 e. The summed E-state index contributed by atoms with van der Waals surface area (Å²) in [5.41, 5.74) is 10.7. The standard InChI is InChI=1S/C25H26N6O3/c1-4-34-24(32)20-13-31-22(23(26)27-14-28-31)21(20)17-7-11-19(12-8-17)30-25(33)29-18-9-5-16(6-10-18)15(2)3/h5-15H,4H2,1-3H3,(H2,26,27,28)(H2,29,30,33). The van der Waals surface area contributed by atoms with Crippen LogP contribution >= 0.6 is 0 Å². The Hall–Kier alpha value is -4.40. The van der Waals surface area contributed by atoms with E-state index in [0.717, 1.165) is 0 Å². The molecule has 9 nitrogen and oxygen atoms in total. The van der Waals surface area contributed by atoms with Crippen molar-refractivity contribution >= 4 is 34.7 Å². The molecule has 0 saturated carbocycles. The Morgan fingerprint density at radius 2 is 1.65 bits per heavy atom. The topological polar surface area (TPSA) is 124 Å². The third-order valence-electron chi connectivity index (χ3n) is 5.36. The summed E-state index contributed by atoms with van der Waals surface area (Å²) in [6.45, 7) is 6.22. The number of nitrogens with one attached hydrogen (secondary N) is 2.